The van der Waals surface area contributed by atoms with Crippen LogP contribution in [0.3, 0.4) is 0 Å². The van der Waals surface area contributed by atoms with Crippen LogP contribution in [0.4, 0.5) is 0 Å². The topological polar surface area (TPSA) is 59.0 Å². The van der Waals surface area contributed by atoms with Crippen LogP contribution >= 0.6 is 57.9 Å². The number of hydrogen-bond acceptors (Lipinski definition) is 7. The van der Waals surface area contributed by atoms with E-state index in [0.29, 0.717) is 28.0 Å². The van der Waals surface area contributed by atoms with Crippen LogP contribution in [0, 0.1) is 11.8 Å². The molecule has 1 aliphatic carbocycles. The minimum absolute atomic E-state index is 0.0334. The van der Waals surface area contributed by atoms with Gasteiger partial charge >= 0.3 is 5.97 Å². The zero-order chi connectivity index (χ0) is 25.5. The van der Waals surface area contributed by atoms with E-state index in [-0.39, 0.29) is 23.2 Å². The van der Waals surface area contributed by atoms with Gasteiger partial charge in [0.2, 0.25) is 0 Å². The lowest BCUT2D eigenvalue weighted by molar-refractivity contribution is 0.0197. The summed E-state index contributed by atoms with van der Waals surface area (Å²) in [6, 6.07) is 9.39. The SMILES string of the molecule is O=C(OCCN1CCOCC1)c1ccc(CCC[C@@H]2[C@@H](CSc3cc(Cl)cc(Cl)c3)[C@H](O)C[C@H]2Cl)s1. The molecular formula is C26H32Cl3NO4S2. The summed E-state index contributed by atoms with van der Waals surface area (Å²) in [4.78, 5) is 17.5. The zero-order valence-corrected chi connectivity index (χ0v) is 23.9. The lowest BCUT2D eigenvalue weighted by Crippen LogP contribution is -2.38. The molecule has 1 aliphatic heterocycles. The maximum absolute atomic E-state index is 12.4. The van der Waals surface area contributed by atoms with Gasteiger partial charge in [-0.2, -0.15) is 0 Å². The van der Waals surface area contributed by atoms with Crippen LogP contribution in [-0.4, -0.2) is 72.7 Å². The van der Waals surface area contributed by atoms with Crippen LogP contribution < -0.4 is 0 Å². The van der Waals surface area contributed by atoms with E-state index in [1.165, 1.54) is 16.2 Å². The number of hydrogen-bond donors (Lipinski definition) is 1. The monoisotopic (exact) mass is 591 g/mol. The molecule has 2 aromatic rings. The Balaban J connectivity index is 1.21. The van der Waals surface area contributed by atoms with Gasteiger partial charge in [-0.05, 0) is 67.9 Å². The Morgan fingerprint density at radius 3 is 2.67 bits per heavy atom. The van der Waals surface area contributed by atoms with E-state index in [1.54, 1.807) is 17.8 Å². The number of morpholine rings is 1. The summed E-state index contributed by atoms with van der Waals surface area (Å²) in [5.74, 6) is 0.881. The number of nitrogens with zero attached hydrogens (tertiary/aromatic N) is 1. The fourth-order valence-electron chi connectivity index (χ4n) is 4.87. The number of ether oxygens (including phenoxy) is 2. The molecule has 1 saturated carbocycles. The van der Waals surface area contributed by atoms with E-state index in [4.69, 9.17) is 44.3 Å². The van der Waals surface area contributed by atoms with E-state index >= 15 is 0 Å². The van der Waals surface area contributed by atoms with Gasteiger partial charge in [0.05, 0.1) is 19.3 Å². The molecule has 1 N–H and O–H groups in total. The molecular weight excluding hydrogens is 561 g/mol. The second-order valence-electron chi connectivity index (χ2n) is 9.31. The molecule has 0 radical (unpaired) electrons. The summed E-state index contributed by atoms with van der Waals surface area (Å²) >= 11 is 22.1. The van der Waals surface area contributed by atoms with Crippen molar-refractivity contribution < 1.29 is 19.4 Å². The van der Waals surface area contributed by atoms with Gasteiger partial charge in [0.25, 0.3) is 0 Å². The minimum Gasteiger partial charge on any atom is -0.460 e. The summed E-state index contributed by atoms with van der Waals surface area (Å²) in [5, 5.41) is 11.8. The second-order valence-corrected chi connectivity index (χ2v) is 13.0. The first-order valence-corrected chi connectivity index (χ1v) is 15.4. The number of aliphatic hydroxyl groups is 1. The molecule has 4 atom stereocenters. The molecule has 0 bridgehead atoms. The van der Waals surface area contributed by atoms with Crippen LogP contribution in [0.2, 0.25) is 10.0 Å². The van der Waals surface area contributed by atoms with Crippen LogP contribution in [0.25, 0.3) is 0 Å². The number of benzene rings is 1. The Kier molecular flexibility index (Phi) is 11.1. The predicted molar refractivity (Wildman–Crippen MR) is 149 cm³/mol. The number of thiophene rings is 1. The quantitative estimate of drug-likeness (QED) is 0.189. The van der Waals surface area contributed by atoms with E-state index in [9.17, 15) is 9.90 Å². The standard InChI is InChI=1S/C26H32Cl3NO4S2/c27-17-12-18(28)14-20(13-17)35-16-22-21(23(29)15-24(22)31)3-1-2-19-4-5-25(36-19)26(32)34-11-8-30-6-9-33-10-7-30/h4-5,12-14,21-24,31H,1-3,6-11,15-16H2/t21-,22-,23-,24-/m1/s1. The van der Waals surface area contributed by atoms with Gasteiger partial charge in [0.15, 0.2) is 0 Å². The highest BCUT2D eigenvalue weighted by Gasteiger charge is 2.41. The van der Waals surface area contributed by atoms with E-state index in [0.717, 1.165) is 62.8 Å². The first-order valence-electron chi connectivity index (χ1n) is 12.4. The Morgan fingerprint density at radius 1 is 1.17 bits per heavy atom. The molecule has 0 unspecified atom stereocenters. The number of aliphatic hydroxyl groups excluding tert-OH is 1. The fraction of sp³-hybridized carbons (Fsp3) is 0.577. The number of carbonyl (C=O) groups excluding carboxylic acids is 1. The van der Waals surface area contributed by atoms with Crippen molar-refractivity contribution in [2.75, 3.05) is 45.2 Å². The van der Waals surface area contributed by atoms with E-state index < -0.39 is 6.10 Å². The third-order valence-electron chi connectivity index (χ3n) is 6.82. The first-order chi connectivity index (χ1) is 17.4. The Hall–Kier alpha value is -0.510. The summed E-state index contributed by atoms with van der Waals surface area (Å²) in [6.45, 7) is 4.39. The molecule has 2 aliphatic rings. The molecule has 4 rings (SSSR count). The molecule has 0 amide bonds. The molecule has 198 valence electrons. The number of aryl methyl sites for hydroxylation is 1. The van der Waals surface area contributed by atoms with Crippen molar-refractivity contribution in [3.8, 4) is 0 Å². The number of esters is 1. The van der Waals surface area contributed by atoms with Crippen molar-refractivity contribution in [1.82, 2.24) is 4.90 Å². The third-order valence-corrected chi connectivity index (χ3v) is 10.0. The molecule has 2 fully saturated rings. The van der Waals surface area contributed by atoms with Crippen molar-refractivity contribution in [2.45, 2.75) is 42.1 Å². The molecule has 36 heavy (non-hydrogen) atoms. The average molecular weight is 593 g/mol. The first kappa shape index (κ1) is 28.5. The Labute approximate surface area is 236 Å². The number of thioether (sulfide) groups is 1. The lowest BCUT2D eigenvalue weighted by atomic mass is 9.91. The highest BCUT2D eigenvalue weighted by Crippen LogP contribution is 2.42. The van der Waals surface area contributed by atoms with E-state index in [2.05, 4.69) is 4.90 Å². The van der Waals surface area contributed by atoms with Crippen LogP contribution in [-0.2, 0) is 15.9 Å². The lowest BCUT2D eigenvalue weighted by Gasteiger charge is -2.26. The van der Waals surface area contributed by atoms with Crippen LogP contribution in [0.15, 0.2) is 35.2 Å². The zero-order valence-electron chi connectivity index (χ0n) is 20.0. The molecule has 1 saturated heterocycles. The fourth-order valence-corrected chi connectivity index (χ4v) is 8.23. The smallest absolute Gasteiger partial charge is 0.348 e. The Morgan fingerprint density at radius 2 is 1.92 bits per heavy atom. The average Bonchev–Trinajstić information content (AvgIpc) is 3.42. The largest absolute Gasteiger partial charge is 0.460 e. The molecule has 2 heterocycles. The highest BCUT2D eigenvalue weighted by molar-refractivity contribution is 7.99. The van der Waals surface area contributed by atoms with Gasteiger partial charge in [0.1, 0.15) is 11.5 Å². The van der Waals surface area contributed by atoms with Gasteiger partial charge in [-0.25, -0.2) is 4.79 Å². The van der Waals surface area contributed by atoms with Gasteiger partial charge in [-0.3, -0.25) is 4.90 Å². The number of alkyl halides is 1. The van der Waals surface area contributed by atoms with Crippen molar-refractivity contribution in [3.05, 3.63) is 50.1 Å². The van der Waals surface area contributed by atoms with Crippen LogP contribution in [0.5, 0.6) is 0 Å². The third kappa shape index (κ3) is 8.24. The molecule has 5 nitrogen and oxygen atoms in total. The second kappa shape index (κ2) is 14.0. The van der Waals surface area contributed by atoms with Crippen molar-refractivity contribution in [1.29, 1.82) is 0 Å². The predicted octanol–water partition coefficient (Wildman–Crippen LogP) is 6.26. The minimum atomic E-state index is -0.403. The molecule has 1 aromatic carbocycles. The Bertz CT molecular complexity index is 981. The summed E-state index contributed by atoms with van der Waals surface area (Å²) in [5.41, 5.74) is 0. The summed E-state index contributed by atoms with van der Waals surface area (Å²) < 4.78 is 10.8. The molecule has 0 spiro atoms. The van der Waals surface area contributed by atoms with Gasteiger partial charge in [-0.15, -0.1) is 34.7 Å². The number of carbonyl (C=O) groups is 1. The van der Waals surface area contributed by atoms with Gasteiger partial charge in [0, 0.05) is 50.6 Å². The van der Waals surface area contributed by atoms with Crippen molar-refractivity contribution in [3.63, 3.8) is 0 Å². The van der Waals surface area contributed by atoms with Crippen molar-refractivity contribution in [2.24, 2.45) is 11.8 Å². The number of halogens is 3. The normalized spacial score (nSPS) is 24.8. The van der Waals surface area contributed by atoms with Gasteiger partial charge in [-0.1, -0.05) is 23.2 Å². The maximum atomic E-state index is 12.4. The number of rotatable bonds is 11. The van der Waals surface area contributed by atoms with Crippen LogP contribution in [0.1, 0.15) is 33.8 Å². The van der Waals surface area contributed by atoms with E-state index in [1.807, 2.05) is 24.3 Å². The summed E-state index contributed by atoms with van der Waals surface area (Å²) in [6.07, 6.45) is 2.99. The van der Waals surface area contributed by atoms with Crippen molar-refractivity contribution >= 4 is 63.9 Å². The highest BCUT2D eigenvalue weighted by atomic mass is 35.5. The molecule has 1 aromatic heterocycles. The summed E-state index contributed by atoms with van der Waals surface area (Å²) in [7, 11) is 0. The van der Waals surface area contributed by atoms with Gasteiger partial charge < -0.3 is 14.6 Å². The maximum Gasteiger partial charge on any atom is 0.348 e. The molecule has 10 heteroatoms.